The van der Waals surface area contributed by atoms with E-state index in [2.05, 4.69) is 57.8 Å². The molecule has 4 rings (SSSR count). The van der Waals surface area contributed by atoms with Crippen LogP contribution in [0.1, 0.15) is 25.3 Å². The second-order valence-electron chi connectivity index (χ2n) is 8.16. The number of benzene rings is 2. The van der Waals surface area contributed by atoms with Crippen LogP contribution in [-0.2, 0) is 6.54 Å². The lowest BCUT2D eigenvalue weighted by molar-refractivity contribution is 0.255. The van der Waals surface area contributed by atoms with Crippen LogP contribution in [0.15, 0.2) is 53.5 Å². The number of nitrogens with zero attached hydrogens (tertiary/aromatic N) is 2. The molecule has 2 atom stereocenters. The molecule has 1 saturated heterocycles. The summed E-state index contributed by atoms with van der Waals surface area (Å²) in [6, 6.07) is 17.2. The van der Waals surface area contributed by atoms with Gasteiger partial charge in [0.1, 0.15) is 0 Å². The van der Waals surface area contributed by atoms with Crippen LogP contribution >= 0.6 is 0 Å². The monoisotopic (exact) mass is 408 g/mol. The van der Waals surface area contributed by atoms with Crippen LogP contribution in [-0.4, -0.2) is 50.3 Å². The molecule has 0 aromatic heterocycles. The Labute approximate surface area is 179 Å². The van der Waals surface area contributed by atoms with Crippen LogP contribution < -0.4 is 20.1 Å². The van der Waals surface area contributed by atoms with Gasteiger partial charge in [0.25, 0.3) is 0 Å². The fourth-order valence-electron chi connectivity index (χ4n) is 4.20. The van der Waals surface area contributed by atoms with Crippen molar-refractivity contribution in [3.05, 3.63) is 54.1 Å². The van der Waals surface area contributed by atoms with Gasteiger partial charge in [-0.2, -0.15) is 0 Å². The normalized spacial score (nSPS) is 21.9. The van der Waals surface area contributed by atoms with Crippen LogP contribution in [0.3, 0.4) is 0 Å². The highest BCUT2D eigenvalue weighted by atomic mass is 16.5. The van der Waals surface area contributed by atoms with Crippen molar-refractivity contribution in [1.82, 2.24) is 10.2 Å². The Balaban J connectivity index is 1.29. The Morgan fingerprint density at radius 1 is 1.10 bits per heavy atom. The van der Waals surface area contributed by atoms with Gasteiger partial charge in [-0.15, -0.1) is 0 Å². The number of anilines is 1. The summed E-state index contributed by atoms with van der Waals surface area (Å²) in [7, 11) is 1.80. The van der Waals surface area contributed by atoms with E-state index in [4.69, 9.17) is 9.47 Å². The quantitative estimate of drug-likeness (QED) is 0.583. The summed E-state index contributed by atoms with van der Waals surface area (Å²) in [6.07, 6.45) is 2.10. The standard InChI is InChI=1S/C24H32N4O2/c1-18-13-20(17-28(18)16-19-7-4-3-5-8-19)15-26-24(25-2)27-21-9-10-22-23(14-21)30-12-6-11-29-22/h3-5,7-10,14,18,20H,6,11-13,15-17H2,1-2H3,(H2,25,26,27). The van der Waals surface area contributed by atoms with Gasteiger partial charge in [0.2, 0.25) is 0 Å². The van der Waals surface area contributed by atoms with E-state index >= 15 is 0 Å². The molecular formula is C24H32N4O2. The molecule has 2 heterocycles. The topological polar surface area (TPSA) is 58.1 Å². The Morgan fingerprint density at radius 2 is 1.90 bits per heavy atom. The molecule has 2 N–H and O–H groups in total. The van der Waals surface area contributed by atoms with E-state index in [0.29, 0.717) is 25.2 Å². The van der Waals surface area contributed by atoms with Crippen LogP contribution in [0, 0.1) is 5.92 Å². The maximum absolute atomic E-state index is 5.79. The van der Waals surface area contributed by atoms with E-state index in [0.717, 1.165) is 49.2 Å². The fraction of sp³-hybridized carbons (Fsp3) is 0.458. The number of hydrogen-bond acceptors (Lipinski definition) is 4. The maximum atomic E-state index is 5.79. The number of hydrogen-bond donors (Lipinski definition) is 2. The molecule has 0 saturated carbocycles. The highest BCUT2D eigenvalue weighted by Crippen LogP contribution is 2.32. The summed E-state index contributed by atoms with van der Waals surface area (Å²) in [4.78, 5) is 6.96. The number of fused-ring (bicyclic) bond motifs is 1. The van der Waals surface area contributed by atoms with E-state index in [-0.39, 0.29) is 0 Å². The van der Waals surface area contributed by atoms with Crippen molar-refractivity contribution in [1.29, 1.82) is 0 Å². The zero-order valence-corrected chi connectivity index (χ0v) is 17.9. The highest BCUT2D eigenvalue weighted by Gasteiger charge is 2.28. The van der Waals surface area contributed by atoms with E-state index in [9.17, 15) is 0 Å². The zero-order valence-electron chi connectivity index (χ0n) is 17.9. The molecule has 0 aliphatic carbocycles. The Morgan fingerprint density at radius 3 is 2.70 bits per heavy atom. The van der Waals surface area contributed by atoms with Crippen molar-refractivity contribution in [2.24, 2.45) is 10.9 Å². The number of aliphatic imine (C=N–C) groups is 1. The lowest BCUT2D eigenvalue weighted by atomic mass is 10.1. The second-order valence-corrected chi connectivity index (χ2v) is 8.16. The average Bonchev–Trinajstić information content (AvgIpc) is 2.96. The Bertz CT molecular complexity index is 856. The minimum absolute atomic E-state index is 0.591. The first-order valence-corrected chi connectivity index (χ1v) is 10.9. The molecule has 0 spiro atoms. The number of likely N-dealkylation sites (tertiary alicyclic amines) is 1. The van der Waals surface area contributed by atoms with Crippen LogP contribution in [0.25, 0.3) is 0 Å². The molecule has 30 heavy (non-hydrogen) atoms. The molecule has 0 radical (unpaired) electrons. The van der Waals surface area contributed by atoms with Gasteiger partial charge < -0.3 is 20.1 Å². The lowest BCUT2D eigenvalue weighted by Gasteiger charge is -2.21. The minimum Gasteiger partial charge on any atom is -0.490 e. The van der Waals surface area contributed by atoms with Crippen molar-refractivity contribution in [2.75, 3.05) is 38.7 Å². The predicted octanol–water partition coefficient (Wildman–Crippen LogP) is 3.75. The van der Waals surface area contributed by atoms with Crippen molar-refractivity contribution in [3.63, 3.8) is 0 Å². The summed E-state index contributed by atoms with van der Waals surface area (Å²) >= 11 is 0. The van der Waals surface area contributed by atoms with Gasteiger partial charge in [0.05, 0.1) is 13.2 Å². The van der Waals surface area contributed by atoms with Gasteiger partial charge >= 0.3 is 0 Å². The number of guanidine groups is 1. The van der Waals surface area contributed by atoms with E-state index in [1.54, 1.807) is 7.05 Å². The number of nitrogens with one attached hydrogen (secondary N) is 2. The summed E-state index contributed by atoms with van der Waals surface area (Å²) in [5.41, 5.74) is 2.32. The van der Waals surface area contributed by atoms with Gasteiger partial charge in [-0.1, -0.05) is 30.3 Å². The highest BCUT2D eigenvalue weighted by molar-refractivity contribution is 5.93. The SMILES string of the molecule is CN=C(NCC1CC(C)N(Cc2ccccc2)C1)Nc1ccc2c(c1)OCCCO2. The molecule has 1 fully saturated rings. The molecule has 2 aromatic carbocycles. The van der Waals surface area contributed by atoms with Crippen LogP contribution in [0.5, 0.6) is 11.5 Å². The molecule has 6 nitrogen and oxygen atoms in total. The van der Waals surface area contributed by atoms with Crippen LogP contribution in [0.2, 0.25) is 0 Å². The largest absolute Gasteiger partial charge is 0.490 e. The predicted molar refractivity (Wildman–Crippen MR) is 121 cm³/mol. The number of ether oxygens (including phenoxy) is 2. The van der Waals surface area contributed by atoms with Crippen molar-refractivity contribution < 1.29 is 9.47 Å². The molecule has 2 aliphatic rings. The molecule has 6 heteroatoms. The smallest absolute Gasteiger partial charge is 0.195 e. The van der Waals surface area contributed by atoms with Crippen LogP contribution in [0.4, 0.5) is 5.69 Å². The van der Waals surface area contributed by atoms with Gasteiger partial charge in [0.15, 0.2) is 17.5 Å². The number of rotatable bonds is 5. The van der Waals surface area contributed by atoms with Crippen molar-refractivity contribution in [3.8, 4) is 11.5 Å². The average molecular weight is 409 g/mol. The van der Waals surface area contributed by atoms with Gasteiger partial charge in [-0.05, 0) is 37.0 Å². The first kappa shape index (κ1) is 20.5. The summed E-state index contributed by atoms with van der Waals surface area (Å²) in [6.45, 7) is 6.73. The van der Waals surface area contributed by atoms with Crippen molar-refractivity contribution >= 4 is 11.6 Å². The van der Waals surface area contributed by atoms with E-state index in [1.165, 1.54) is 12.0 Å². The summed E-state index contributed by atoms with van der Waals surface area (Å²) < 4.78 is 11.5. The van der Waals surface area contributed by atoms with E-state index < -0.39 is 0 Å². The van der Waals surface area contributed by atoms with Gasteiger partial charge in [0, 0.05) is 50.9 Å². The Hall–Kier alpha value is -2.73. The zero-order chi connectivity index (χ0) is 20.8. The van der Waals surface area contributed by atoms with Crippen molar-refractivity contribution in [2.45, 2.75) is 32.4 Å². The lowest BCUT2D eigenvalue weighted by Crippen LogP contribution is -2.35. The van der Waals surface area contributed by atoms with Gasteiger partial charge in [-0.3, -0.25) is 9.89 Å². The summed E-state index contributed by atoms with van der Waals surface area (Å²) in [5.74, 6) is 2.97. The third kappa shape index (κ3) is 5.25. The molecule has 0 amide bonds. The fourth-order valence-corrected chi connectivity index (χ4v) is 4.20. The van der Waals surface area contributed by atoms with E-state index in [1.807, 2.05) is 18.2 Å². The summed E-state index contributed by atoms with van der Waals surface area (Å²) in [5, 5.41) is 6.87. The second kappa shape index (κ2) is 9.85. The first-order valence-electron chi connectivity index (χ1n) is 10.9. The first-order chi connectivity index (χ1) is 14.7. The third-order valence-electron chi connectivity index (χ3n) is 5.81. The molecule has 2 aromatic rings. The molecule has 2 aliphatic heterocycles. The molecule has 2 unspecified atom stereocenters. The Kier molecular flexibility index (Phi) is 6.74. The molecular weight excluding hydrogens is 376 g/mol. The minimum atomic E-state index is 0.591. The molecule has 0 bridgehead atoms. The third-order valence-corrected chi connectivity index (χ3v) is 5.81. The molecule has 160 valence electrons. The van der Waals surface area contributed by atoms with Gasteiger partial charge in [-0.25, -0.2) is 0 Å². The maximum Gasteiger partial charge on any atom is 0.195 e.